The highest BCUT2D eigenvalue weighted by atomic mass is 28.1. The second kappa shape index (κ2) is 3.42. The highest BCUT2D eigenvalue weighted by molar-refractivity contribution is 6.43. The van der Waals surface area contributed by atoms with E-state index < -0.39 is 23.6 Å². The van der Waals surface area contributed by atoms with Crippen LogP contribution in [0.2, 0.25) is 0 Å². The van der Waals surface area contributed by atoms with Gasteiger partial charge < -0.3 is 4.74 Å². The molecular weight excluding hydrogens is 232 g/mol. The number of amides is 4. The molecule has 8 heteroatoms. The molecule has 0 spiro atoms. The first kappa shape index (κ1) is 10.3. The van der Waals surface area contributed by atoms with Gasteiger partial charge in [-0.15, -0.1) is 0 Å². The van der Waals surface area contributed by atoms with Crippen molar-refractivity contribution in [3.05, 3.63) is 22.8 Å². The fourth-order valence-corrected chi connectivity index (χ4v) is 1.34. The minimum atomic E-state index is -0.775. The molecule has 0 aromatic heterocycles. The average Bonchev–Trinajstić information content (AvgIpc) is 2.62. The summed E-state index contributed by atoms with van der Waals surface area (Å²) in [5, 5.41) is 3.75. The predicted molar refractivity (Wildman–Crippen MR) is 48.2 cm³/mol. The van der Waals surface area contributed by atoms with E-state index in [4.69, 9.17) is 4.74 Å². The van der Waals surface area contributed by atoms with Crippen LogP contribution in [-0.4, -0.2) is 33.9 Å². The summed E-state index contributed by atoms with van der Waals surface area (Å²) in [6.07, 6.45) is 0.894. The molecule has 0 aromatic carbocycles. The molecule has 3 radical (unpaired) electrons. The van der Waals surface area contributed by atoms with Gasteiger partial charge in [0.15, 0.2) is 11.5 Å². The van der Waals surface area contributed by atoms with Crippen LogP contribution in [-0.2, 0) is 23.9 Å². The summed E-state index contributed by atoms with van der Waals surface area (Å²) in [6, 6.07) is 0. The van der Waals surface area contributed by atoms with E-state index >= 15 is 0 Å². The van der Waals surface area contributed by atoms with Gasteiger partial charge in [0.1, 0.15) is 0 Å². The molecule has 2 N–H and O–H groups in total. The lowest BCUT2D eigenvalue weighted by atomic mass is 10.4. The fraction of sp³-hybridized carbons (Fsp3) is 0. The van der Waals surface area contributed by atoms with Crippen molar-refractivity contribution in [2.45, 2.75) is 0 Å². The number of carbonyl (C=O) groups is 4. The van der Waals surface area contributed by atoms with Crippen molar-refractivity contribution >= 4 is 33.9 Å². The van der Waals surface area contributed by atoms with Crippen molar-refractivity contribution in [3.8, 4) is 0 Å². The Morgan fingerprint density at radius 1 is 1.00 bits per heavy atom. The lowest BCUT2D eigenvalue weighted by Crippen LogP contribution is -2.25. The van der Waals surface area contributed by atoms with E-state index in [1.54, 1.807) is 0 Å². The maximum absolute atomic E-state index is 11.2. The van der Waals surface area contributed by atoms with Crippen LogP contribution < -0.4 is 10.6 Å². The molecule has 0 aromatic rings. The zero-order chi connectivity index (χ0) is 11.9. The lowest BCUT2D eigenvalue weighted by molar-refractivity contribution is -0.125. The molecular formula is C8H3N2O5Si. The molecule has 2 aliphatic heterocycles. The quantitative estimate of drug-likeness (QED) is 0.409. The molecule has 2 rings (SSSR count). The van der Waals surface area contributed by atoms with Gasteiger partial charge >= 0.3 is 0 Å². The van der Waals surface area contributed by atoms with Crippen molar-refractivity contribution in [1.29, 1.82) is 0 Å². The molecule has 0 saturated carbocycles. The van der Waals surface area contributed by atoms with Crippen LogP contribution in [0.1, 0.15) is 0 Å². The molecule has 16 heavy (non-hydrogen) atoms. The molecule has 0 fully saturated rings. The van der Waals surface area contributed by atoms with Gasteiger partial charge in [-0.1, -0.05) is 0 Å². The van der Waals surface area contributed by atoms with Gasteiger partial charge in [-0.2, -0.15) is 0 Å². The zero-order valence-corrected chi connectivity index (χ0v) is 8.62. The Morgan fingerprint density at radius 2 is 1.69 bits per heavy atom. The van der Waals surface area contributed by atoms with E-state index in [1.807, 2.05) is 10.6 Å². The van der Waals surface area contributed by atoms with Crippen molar-refractivity contribution < 1.29 is 23.9 Å². The highest BCUT2D eigenvalue weighted by Gasteiger charge is 2.32. The molecule has 0 bridgehead atoms. The van der Waals surface area contributed by atoms with Crippen molar-refractivity contribution in [1.82, 2.24) is 10.6 Å². The Hall–Kier alpha value is -2.22. The van der Waals surface area contributed by atoms with Gasteiger partial charge in [-0.3, -0.25) is 29.8 Å². The van der Waals surface area contributed by atoms with Gasteiger partial charge in [0.2, 0.25) is 0 Å². The fourth-order valence-electron chi connectivity index (χ4n) is 1.12. The van der Waals surface area contributed by atoms with Crippen LogP contribution in [0.5, 0.6) is 0 Å². The monoisotopic (exact) mass is 235 g/mol. The number of rotatable bonds is 2. The third-order valence-corrected chi connectivity index (χ3v) is 2.28. The van der Waals surface area contributed by atoms with E-state index in [-0.39, 0.29) is 16.7 Å². The normalized spacial score (nSPS) is 19.9. The summed E-state index contributed by atoms with van der Waals surface area (Å²) in [5.41, 5.74) is 0. The van der Waals surface area contributed by atoms with E-state index in [2.05, 4.69) is 10.2 Å². The van der Waals surface area contributed by atoms with Gasteiger partial charge in [0, 0.05) is 5.20 Å². The SMILES string of the molecule is O=C1C=C(OC2=C([Si])C(=O)NC2=O)C(=O)N1. The summed E-state index contributed by atoms with van der Waals surface area (Å²) >= 11 is 0. The summed E-state index contributed by atoms with van der Waals surface area (Å²) in [6.45, 7) is 0. The first-order valence-electron chi connectivity index (χ1n) is 4.05. The summed E-state index contributed by atoms with van der Waals surface area (Å²) in [4.78, 5) is 44.1. The molecule has 79 valence electrons. The second-order valence-electron chi connectivity index (χ2n) is 2.92. The Balaban J connectivity index is 2.26. The van der Waals surface area contributed by atoms with Crippen molar-refractivity contribution in [3.63, 3.8) is 0 Å². The van der Waals surface area contributed by atoms with Crippen LogP contribution >= 0.6 is 0 Å². The largest absolute Gasteiger partial charge is 0.445 e. The Morgan fingerprint density at radius 3 is 2.12 bits per heavy atom. The Bertz CT molecular complexity index is 505. The first-order chi connectivity index (χ1) is 7.49. The molecule has 0 unspecified atom stereocenters. The maximum atomic E-state index is 11.2. The van der Waals surface area contributed by atoms with Gasteiger partial charge in [-0.05, 0) is 0 Å². The molecule has 0 saturated heterocycles. The average molecular weight is 235 g/mol. The molecule has 2 heterocycles. The maximum Gasteiger partial charge on any atom is 0.294 e. The summed E-state index contributed by atoms with van der Waals surface area (Å²) < 4.78 is 4.88. The number of hydrogen-bond donors (Lipinski definition) is 2. The highest BCUT2D eigenvalue weighted by Crippen LogP contribution is 2.16. The molecule has 7 nitrogen and oxygen atoms in total. The zero-order valence-electron chi connectivity index (χ0n) is 7.62. The number of ether oxygens (including phenoxy) is 1. The van der Waals surface area contributed by atoms with Crippen molar-refractivity contribution in [2.75, 3.05) is 0 Å². The van der Waals surface area contributed by atoms with Crippen LogP contribution in [0.25, 0.3) is 0 Å². The van der Waals surface area contributed by atoms with E-state index in [0.717, 1.165) is 6.08 Å². The second-order valence-corrected chi connectivity index (χ2v) is 3.42. The third kappa shape index (κ3) is 1.54. The number of imide groups is 2. The van der Waals surface area contributed by atoms with Gasteiger partial charge in [-0.25, -0.2) is 0 Å². The van der Waals surface area contributed by atoms with E-state index in [9.17, 15) is 19.2 Å². The molecule has 4 amide bonds. The van der Waals surface area contributed by atoms with Crippen LogP contribution in [0.4, 0.5) is 0 Å². The number of carbonyl (C=O) groups excluding carboxylic acids is 4. The van der Waals surface area contributed by atoms with Crippen molar-refractivity contribution in [2.24, 2.45) is 0 Å². The number of hydrogen-bond acceptors (Lipinski definition) is 5. The van der Waals surface area contributed by atoms with Gasteiger partial charge in [0.05, 0.1) is 16.3 Å². The molecule has 0 aliphatic carbocycles. The topological polar surface area (TPSA) is 102 Å². The first-order valence-corrected chi connectivity index (χ1v) is 4.55. The minimum absolute atomic E-state index is 0.127. The molecule has 0 atom stereocenters. The minimum Gasteiger partial charge on any atom is -0.445 e. The smallest absolute Gasteiger partial charge is 0.294 e. The van der Waals surface area contributed by atoms with Crippen LogP contribution in [0.15, 0.2) is 22.8 Å². The number of nitrogens with one attached hydrogen (secondary N) is 2. The Kier molecular flexibility index (Phi) is 2.20. The predicted octanol–water partition coefficient (Wildman–Crippen LogP) is -2.42. The van der Waals surface area contributed by atoms with Gasteiger partial charge in [0.25, 0.3) is 23.6 Å². The van der Waals surface area contributed by atoms with E-state index in [1.165, 1.54) is 0 Å². The summed E-state index contributed by atoms with van der Waals surface area (Å²) in [7, 11) is 2.88. The standard InChI is InChI=1S/C8H3N2O5Si/c11-3-1-2(6(12)9-3)15-4-5(16)8(14)10-7(4)13/h1H,(H,9,11,12)(H,10,13,14). The Labute approximate surface area is 91.9 Å². The summed E-state index contributed by atoms with van der Waals surface area (Å²) in [5.74, 6) is -3.52. The third-order valence-electron chi connectivity index (χ3n) is 1.82. The van der Waals surface area contributed by atoms with Crippen LogP contribution in [0, 0.1) is 0 Å². The van der Waals surface area contributed by atoms with Crippen LogP contribution in [0.3, 0.4) is 0 Å². The molecule has 2 aliphatic rings. The lowest BCUT2D eigenvalue weighted by Gasteiger charge is -2.03. The van der Waals surface area contributed by atoms with E-state index in [0.29, 0.717) is 0 Å².